The van der Waals surface area contributed by atoms with Gasteiger partial charge in [-0.2, -0.15) is 0 Å². The van der Waals surface area contributed by atoms with E-state index in [2.05, 4.69) is 10.3 Å². The monoisotopic (exact) mass is 385 g/mol. The third-order valence-electron chi connectivity index (χ3n) is 4.27. The van der Waals surface area contributed by atoms with E-state index >= 15 is 0 Å². The van der Waals surface area contributed by atoms with Gasteiger partial charge in [0, 0.05) is 18.0 Å². The summed E-state index contributed by atoms with van der Waals surface area (Å²) >= 11 is 5.86. The van der Waals surface area contributed by atoms with E-state index in [9.17, 15) is 14.7 Å². The summed E-state index contributed by atoms with van der Waals surface area (Å²) in [7, 11) is 0. The van der Waals surface area contributed by atoms with Crippen LogP contribution in [0.2, 0.25) is 5.02 Å². The first kappa shape index (κ1) is 18.9. The third-order valence-corrected chi connectivity index (χ3v) is 4.50. The van der Waals surface area contributed by atoms with E-state index in [0.29, 0.717) is 41.0 Å². The molecule has 0 aliphatic rings. The number of anilines is 1. The van der Waals surface area contributed by atoms with Gasteiger partial charge in [0.15, 0.2) is 0 Å². The predicted octanol–water partition coefficient (Wildman–Crippen LogP) is 3.95. The highest BCUT2D eigenvalue weighted by Gasteiger charge is 2.07. The molecular formula is C20H20ClN3O3. The summed E-state index contributed by atoms with van der Waals surface area (Å²) in [6.45, 7) is 0.563. The van der Waals surface area contributed by atoms with E-state index in [1.165, 1.54) is 12.1 Å². The van der Waals surface area contributed by atoms with Gasteiger partial charge in [-0.05, 0) is 43.2 Å². The van der Waals surface area contributed by atoms with Gasteiger partial charge in [-0.3, -0.25) is 14.2 Å². The molecule has 0 aliphatic carbocycles. The summed E-state index contributed by atoms with van der Waals surface area (Å²) in [6.07, 6.45) is 4.16. The quantitative estimate of drug-likeness (QED) is 0.476. The number of amides is 1. The highest BCUT2D eigenvalue weighted by Crippen LogP contribution is 2.26. The average molecular weight is 386 g/mol. The van der Waals surface area contributed by atoms with Gasteiger partial charge in [0.2, 0.25) is 5.91 Å². The Morgan fingerprint density at radius 3 is 2.81 bits per heavy atom. The molecule has 7 heteroatoms. The Morgan fingerprint density at radius 1 is 1.15 bits per heavy atom. The van der Waals surface area contributed by atoms with Crippen molar-refractivity contribution in [1.82, 2.24) is 9.55 Å². The lowest BCUT2D eigenvalue weighted by Gasteiger charge is -2.08. The molecule has 3 aromatic rings. The van der Waals surface area contributed by atoms with Crippen LogP contribution in [0.15, 0.2) is 53.6 Å². The molecular weight excluding hydrogens is 366 g/mol. The van der Waals surface area contributed by atoms with Crippen LogP contribution in [-0.4, -0.2) is 20.6 Å². The Hall–Kier alpha value is -2.86. The Bertz CT molecular complexity index is 1020. The number of nitrogens with one attached hydrogen (secondary N) is 1. The van der Waals surface area contributed by atoms with Crippen molar-refractivity contribution in [2.75, 3.05) is 5.32 Å². The topological polar surface area (TPSA) is 84.2 Å². The minimum absolute atomic E-state index is 0.0177. The summed E-state index contributed by atoms with van der Waals surface area (Å²) in [4.78, 5) is 28.7. The van der Waals surface area contributed by atoms with E-state index in [0.717, 1.165) is 12.8 Å². The summed E-state index contributed by atoms with van der Waals surface area (Å²) in [5.41, 5.74) is 0.954. The van der Waals surface area contributed by atoms with E-state index in [-0.39, 0.29) is 17.2 Å². The number of para-hydroxylation sites is 1. The second kappa shape index (κ2) is 8.68. The minimum Gasteiger partial charge on any atom is -0.506 e. The predicted molar refractivity (Wildman–Crippen MR) is 106 cm³/mol. The molecule has 140 valence electrons. The molecule has 6 nitrogen and oxygen atoms in total. The van der Waals surface area contributed by atoms with Crippen molar-refractivity contribution in [2.45, 2.75) is 32.2 Å². The summed E-state index contributed by atoms with van der Waals surface area (Å²) in [5, 5.41) is 13.4. The van der Waals surface area contributed by atoms with E-state index in [1.807, 2.05) is 18.2 Å². The second-order valence-corrected chi connectivity index (χ2v) is 6.72. The van der Waals surface area contributed by atoms with Crippen LogP contribution < -0.4 is 10.9 Å². The van der Waals surface area contributed by atoms with Crippen molar-refractivity contribution in [3.8, 4) is 5.75 Å². The lowest BCUT2D eigenvalue weighted by molar-refractivity contribution is -0.116. The summed E-state index contributed by atoms with van der Waals surface area (Å²) < 4.78 is 1.60. The van der Waals surface area contributed by atoms with Gasteiger partial charge in [-0.25, -0.2) is 4.98 Å². The number of carbonyl (C=O) groups is 1. The SMILES string of the molecule is O=C(CCCCCn1cnc2ccccc2c1=O)Nc1cc(Cl)ccc1O. The highest BCUT2D eigenvalue weighted by molar-refractivity contribution is 6.31. The van der Waals surface area contributed by atoms with Crippen molar-refractivity contribution in [2.24, 2.45) is 0 Å². The van der Waals surface area contributed by atoms with Crippen LogP contribution in [0.3, 0.4) is 0 Å². The number of hydrogen-bond acceptors (Lipinski definition) is 4. The van der Waals surface area contributed by atoms with Crippen molar-refractivity contribution < 1.29 is 9.90 Å². The molecule has 0 bridgehead atoms. The van der Waals surface area contributed by atoms with Gasteiger partial charge < -0.3 is 10.4 Å². The maximum absolute atomic E-state index is 12.4. The molecule has 0 radical (unpaired) electrons. The Balaban J connectivity index is 1.45. The molecule has 2 aromatic carbocycles. The molecule has 1 amide bonds. The lowest BCUT2D eigenvalue weighted by atomic mass is 10.1. The number of aromatic nitrogens is 2. The number of fused-ring (bicyclic) bond motifs is 1. The molecule has 1 aromatic heterocycles. The van der Waals surface area contributed by atoms with Crippen LogP contribution in [0.4, 0.5) is 5.69 Å². The van der Waals surface area contributed by atoms with Crippen molar-refractivity contribution in [1.29, 1.82) is 0 Å². The molecule has 0 aliphatic heterocycles. The summed E-state index contributed by atoms with van der Waals surface area (Å²) in [6, 6.07) is 11.8. The van der Waals surface area contributed by atoms with E-state index in [4.69, 9.17) is 11.6 Å². The molecule has 3 rings (SSSR count). The fraction of sp³-hybridized carbons (Fsp3) is 0.250. The Morgan fingerprint density at radius 2 is 1.96 bits per heavy atom. The molecule has 0 saturated carbocycles. The first-order valence-electron chi connectivity index (χ1n) is 8.77. The molecule has 27 heavy (non-hydrogen) atoms. The van der Waals surface area contributed by atoms with Crippen LogP contribution in [-0.2, 0) is 11.3 Å². The maximum Gasteiger partial charge on any atom is 0.261 e. The van der Waals surface area contributed by atoms with Crippen molar-refractivity contribution in [3.05, 3.63) is 64.2 Å². The summed E-state index contributed by atoms with van der Waals surface area (Å²) in [5.74, 6) is -0.201. The zero-order valence-electron chi connectivity index (χ0n) is 14.7. The van der Waals surface area contributed by atoms with Gasteiger partial charge in [0.25, 0.3) is 5.56 Å². The number of nitrogens with zero attached hydrogens (tertiary/aromatic N) is 2. The fourth-order valence-corrected chi connectivity index (χ4v) is 3.00. The van der Waals surface area contributed by atoms with Gasteiger partial charge in [-0.1, -0.05) is 30.2 Å². The molecule has 0 atom stereocenters. The number of phenolic OH excluding ortho intramolecular Hbond substituents is 1. The number of rotatable bonds is 7. The zero-order chi connectivity index (χ0) is 19.2. The highest BCUT2D eigenvalue weighted by atomic mass is 35.5. The standard InChI is InChI=1S/C20H20ClN3O3/c21-14-9-10-18(25)17(12-14)23-19(26)8-2-1-5-11-24-13-22-16-7-4-3-6-15(16)20(24)27/h3-4,6-7,9-10,12-13,25H,1-2,5,8,11H2,(H,23,26). The number of unbranched alkanes of at least 4 members (excludes halogenated alkanes) is 2. The third kappa shape index (κ3) is 4.86. The first-order valence-corrected chi connectivity index (χ1v) is 9.15. The fourth-order valence-electron chi connectivity index (χ4n) is 2.83. The first-order chi connectivity index (χ1) is 13.0. The number of aromatic hydroxyl groups is 1. The van der Waals surface area contributed by atoms with E-state index in [1.54, 1.807) is 23.0 Å². The smallest absolute Gasteiger partial charge is 0.261 e. The van der Waals surface area contributed by atoms with Crippen LogP contribution in [0.5, 0.6) is 5.75 Å². The molecule has 1 heterocycles. The van der Waals surface area contributed by atoms with Crippen LogP contribution >= 0.6 is 11.6 Å². The number of hydrogen-bond donors (Lipinski definition) is 2. The molecule has 0 fully saturated rings. The molecule has 0 spiro atoms. The maximum atomic E-state index is 12.4. The zero-order valence-corrected chi connectivity index (χ0v) is 15.4. The second-order valence-electron chi connectivity index (χ2n) is 6.28. The number of aryl methyl sites for hydroxylation is 1. The van der Waals surface area contributed by atoms with Crippen LogP contribution in [0, 0.1) is 0 Å². The van der Waals surface area contributed by atoms with Crippen molar-refractivity contribution in [3.63, 3.8) is 0 Å². The lowest BCUT2D eigenvalue weighted by Crippen LogP contribution is -2.20. The Labute approximate surface area is 161 Å². The van der Waals surface area contributed by atoms with Crippen molar-refractivity contribution >= 4 is 34.1 Å². The number of carbonyl (C=O) groups excluding carboxylic acids is 1. The van der Waals surface area contributed by atoms with Crippen LogP contribution in [0.25, 0.3) is 10.9 Å². The van der Waals surface area contributed by atoms with Gasteiger partial charge >= 0.3 is 0 Å². The van der Waals surface area contributed by atoms with Gasteiger partial charge in [0.05, 0.1) is 22.9 Å². The largest absolute Gasteiger partial charge is 0.506 e. The van der Waals surface area contributed by atoms with Crippen LogP contribution in [0.1, 0.15) is 25.7 Å². The molecule has 0 saturated heterocycles. The average Bonchev–Trinajstić information content (AvgIpc) is 2.66. The minimum atomic E-state index is -0.183. The number of halogens is 1. The Kier molecular flexibility index (Phi) is 6.08. The normalized spacial score (nSPS) is 10.9. The number of benzene rings is 2. The van der Waals surface area contributed by atoms with Gasteiger partial charge in [0.1, 0.15) is 5.75 Å². The van der Waals surface area contributed by atoms with Gasteiger partial charge in [-0.15, -0.1) is 0 Å². The molecule has 0 unspecified atom stereocenters. The van der Waals surface area contributed by atoms with E-state index < -0.39 is 0 Å². The number of phenols is 1. The molecule has 2 N–H and O–H groups in total.